The van der Waals surface area contributed by atoms with Gasteiger partial charge < -0.3 is 5.73 Å². The zero-order valence-corrected chi connectivity index (χ0v) is 9.78. The van der Waals surface area contributed by atoms with E-state index in [0.29, 0.717) is 5.69 Å². The van der Waals surface area contributed by atoms with Gasteiger partial charge in [0.15, 0.2) is 0 Å². The number of aromatic nitrogens is 2. The molecule has 0 aliphatic carbocycles. The summed E-state index contributed by atoms with van der Waals surface area (Å²) in [4.78, 5) is 4.28. The van der Waals surface area contributed by atoms with E-state index in [9.17, 15) is 0 Å². The highest BCUT2D eigenvalue weighted by atomic mass is 15.4. The molecule has 2 aromatic rings. The molecule has 0 bridgehead atoms. The minimum atomic E-state index is 0.684. The van der Waals surface area contributed by atoms with Crippen molar-refractivity contribution in [1.29, 1.82) is 0 Å². The monoisotopic (exact) mass is 216 g/mol. The van der Waals surface area contributed by atoms with Crippen LogP contribution in [0.2, 0.25) is 0 Å². The van der Waals surface area contributed by atoms with Crippen LogP contribution in [0, 0.1) is 20.8 Å². The largest absolute Gasteiger partial charge is 0.397 e. The molecule has 2 aromatic heterocycles. The van der Waals surface area contributed by atoms with Gasteiger partial charge in [0, 0.05) is 11.4 Å². The number of nitrogens with one attached hydrogen (secondary N) is 1. The van der Waals surface area contributed by atoms with Crippen molar-refractivity contribution in [2.75, 3.05) is 11.2 Å². The van der Waals surface area contributed by atoms with Crippen LogP contribution in [0.15, 0.2) is 24.4 Å². The van der Waals surface area contributed by atoms with E-state index >= 15 is 0 Å². The SMILES string of the molecule is Cc1cc(N)cnc1Nn1c(C)ccc1C. The predicted molar refractivity (Wildman–Crippen MR) is 66.3 cm³/mol. The van der Waals surface area contributed by atoms with Crippen molar-refractivity contribution in [2.24, 2.45) is 0 Å². The van der Waals surface area contributed by atoms with Gasteiger partial charge in [-0.3, -0.25) is 10.1 Å². The van der Waals surface area contributed by atoms with E-state index < -0.39 is 0 Å². The summed E-state index contributed by atoms with van der Waals surface area (Å²) in [6.45, 7) is 6.08. The van der Waals surface area contributed by atoms with Crippen LogP contribution < -0.4 is 11.2 Å². The summed E-state index contributed by atoms with van der Waals surface area (Å²) in [5, 5.41) is 0. The topological polar surface area (TPSA) is 55.9 Å². The minimum absolute atomic E-state index is 0.684. The van der Waals surface area contributed by atoms with Crippen LogP contribution >= 0.6 is 0 Å². The van der Waals surface area contributed by atoms with E-state index in [-0.39, 0.29) is 0 Å². The fourth-order valence-electron chi connectivity index (χ4n) is 1.66. The zero-order chi connectivity index (χ0) is 11.7. The summed E-state index contributed by atoms with van der Waals surface area (Å²) >= 11 is 0. The van der Waals surface area contributed by atoms with Crippen molar-refractivity contribution < 1.29 is 0 Å². The average Bonchev–Trinajstić information content (AvgIpc) is 2.53. The van der Waals surface area contributed by atoms with Crippen molar-refractivity contribution in [3.63, 3.8) is 0 Å². The third kappa shape index (κ3) is 1.86. The predicted octanol–water partition coefficient (Wildman–Crippen LogP) is 2.27. The van der Waals surface area contributed by atoms with Gasteiger partial charge in [-0.25, -0.2) is 4.98 Å². The maximum atomic E-state index is 5.66. The first-order valence-electron chi connectivity index (χ1n) is 5.22. The van der Waals surface area contributed by atoms with Gasteiger partial charge in [0.2, 0.25) is 0 Å². The second-order valence-corrected chi connectivity index (χ2v) is 4.00. The van der Waals surface area contributed by atoms with Crippen LogP contribution in [0.4, 0.5) is 11.5 Å². The molecule has 84 valence electrons. The molecule has 0 spiro atoms. The second kappa shape index (κ2) is 3.89. The van der Waals surface area contributed by atoms with Crippen LogP contribution in [-0.4, -0.2) is 9.66 Å². The van der Waals surface area contributed by atoms with Crippen LogP contribution in [0.5, 0.6) is 0 Å². The van der Waals surface area contributed by atoms with Crippen LogP contribution in [-0.2, 0) is 0 Å². The van der Waals surface area contributed by atoms with Gasteiger partial charge in [-0.15, -0.1) is 0 Å². The van der Waals surface area contributed by atoms with Gasteiger partial charge in [-0.2, -0.15) is 0 Å². The number of nitrogens with zero attached hydrogens (tertiary/aromatic N) is 2. The number of nitrogen functional groups attached to an aromatic ring is 1. The third-order valence-corrected chi connectivity index (χ3v) is 2.59. The van der Waals surface area contributed by atoms with Crippen molar-refractivity contribution in [3.05, 3.63) is 41.3 Å². The zero-order valence-electron chi connectivity index (χ0n) is 9.78. The van der Waals surface area contributed by atoms with Gasteiger partial charge in [0.25, 0.3) is 0 Å². The Morgan fingerprint density at radius 2 is 1.81 bits per heavy atom. The number of nitrogens with two attached hydrogens (primary N) is 1. The molecule has 4 heteroatoms. The summed E-state index contributed by atoms with van der Waals surface area (Å²) in [6, 6.07) is 6.04. The van der Waals surface area contributed by atoms with Gasteiger partial charge >= 0.3 is 0 Å². The summed E-state index contributed by atoms with van der Waals surface area (Å²) in [6.07, 6.45) is 1.66. The average molecular weight is 216 g/mol. The van der Waals surface area contributed by atoms with E-state index in [4.69, 9.17) is 5.73 Å². The Labute approximate surface area is 95.1 Å². The molecule has 3 N–H and O–H groups in total. The van der Waals surface area contributed by atoms with Crippen LogP contribution in [0.3, 0.4) is 0 Å². The number of anilines is 2. The highest BCUT2D eigenvalue weighted by Gasteiger charge is 2.04. The smallest absolute Gasteiger partial charge is 0.147 e. The first-order valence-corrected chi connectivity index (χ1v) is 5.22. The molecular formula is C12H16N4. The second-order valence-electron chi connectivity index (χ2n) is 4.00. The summed E-state index contributed by atoms with van der Waals surface area (Å²) in [5.41, 5.74) is 12.9. The molecule has 2 heterocycles. The fraction of sp³-hybridized carbons (Fsp3) is 0.250. The van der Waals surface area contributed by atoms with E-state index in [1.54, 1.807) is 6.20 Å². The number of rotatable bonds is 2. The Kier molecular flexibility index (Phi) is 2.56. The number of hydrogen-bond donors (Lipinski definition) is 2. The molecule has 0 fully saturated rings. The molecule has 0 aromatic carbocycles. The lowest BCUT2D eigenvalue weighted by Gasteiger charge is -2.13. The number of pyridine rings is 1. The quantitative estimate of drug-likeness (QED) is 0.809. The van der Waals surface area contributed by atoms with Gasteiger partial charge in [-0.1, -0.05) is 0 Å². The van der Waals surface area contributed by atoms with Crippen LogP contribution in [0.25, 0.3) is 0 Å². The lowest BCUT2D eigenvalue weighted by Crippen LogP contribution is -2.14. The molecule has 0 amide bonds. The molecule has 0 radical (unpaired) electrons. The number of hydrogen-bond acceptors (Lipinski definition) is 3. The molecule has 0 aliphatic rings. The van der Waals surface area contributed by atoms with Crippen molar-refractivity contribution >= 4 is 11.5 Å². The first-order chi connectivity index (χ1) is 7.58. The van der Waals surface area contributed by atoms with Crippen LogP contribution in [0.1, 0.15) is 17.0 Å². The molecule has 0 saturated carbocycles. The molecule has 0 unspecified atom stereocenters. The summed E-state index contributed by atoms with van der Waals surface area (Å²) in [7, 11) is 0. The van der Waals surface area contributed by atoms with Crippen molar-refractivity contribution in [1.82, 2.24) is 9.66 Å². The van der Waals surface area contributed by atoms with E-state index in [1.165, 1.54) is 0 Å². The van der Waals surface area contributed by atoms with Gasteiger partial charge in [0.05, 0.1) is 11.9 Å². The third-order valence-electron chi connectivity index (χ3n) is 2.59. The van der Waals surface area contributed by atoms with E-state index in [0.717, 1.165) is 22.8 Å². The summed E-state index contributed by atoms with van der Waals surface area (Å²) < 4.78 is 2.01. The molecular weight excluding hydrogens is 200 g/mol. The Balaban J connectivity index is 2.34. The molecule has 16 heavy (non-hydrogen) atoms. The van der Waals surface area contributed by atoms with Crippen molar-refractivity contribution in [3.8, 4) is 0 Å². The Bertz CT molecular complexity index is 494. The Morgan fingerprint density at radius 3 is 2.38 bits per heavy atom. The number of aryl methyl sites for hydroxylation is 3. The van der Waals surface area contributed by atoms with Gasteiger partial charge in [-0.05, 0) is 44.5 Å². The lowest BCUT2D eigenvalue weighted by atomic mass is 10.3. The Morgan fingerprint density at radius 1 is 1.19 bits per heavy atom. The highest BCUT2D eigenvalue weighted by molar-refractivity contribution is 5.51. The van der Waals surface area contributed by atoms with E-state index in [1.807, 2.05) is 31.5 Å². The van der Waals surface area contributed by atoms with E-state index in [2.05, 4.69) is 22.5 Å². The maximum Gasteiger partial charge on any atom is 0.147 e. The first kappa shape index (κ1) is 10.5. The summed E-state index contributed by atoms with van der Waals surface area (Å²) in [5.74, 6) is 0.830. The molecule has 0 saturated heterocycles. The maximum absolute atomic E-state index is 5.66. The highest BCUT2D eigenvalue weighted by Crippen LogP contribution is 2.16. The molecule has 0 atom stereocenters. The normalized spacial score (nSPS) is 10.4. The molecule has 2 rings (SSSR count). The molecule has 0 aliphatic heterocycles. The van der Waals surface area contributed by atoms with Gasteiger partial charge in [0.1, 0.15) is 5.82 Å². The van der Waals surface area contributed by atoms with Crippen molar-refractivity contribution in [2.45, 2.75) is 20.8 Å². The lowest BCUT2D eigenvalue weighted by molar-refractivity contribution is 0.868. The minimum Gasteiger partial charge on any atom is -0.397 e. The fourth-order valence-corrected chi connectivity index (χ4v) is 1.66. The molecule has 4 nitrogen and oxygen atoms in total. The Hall–Kier alpha value is -1.97. The standard InChI is InChI=1S/C12H16N4/c1-8-6-11(13)7-14-12(8)15-16-9(2)4-5-10(16)3/h4-7H,13H2,1-3H3,(H,14,15).